The minimum absolute atomic E-state index is 0.0639. The zero-order valence-electron chi connectivity index (χ0n) is 13.1. The van der Waals surface area contributed by atoms with Crippen LogP contribution in [0.3, 0.4) is 0 Å². The van der Waals surface area contributed by atoms with Gasteiger partial charge < -0.3 is 9.88 Å². The quantitative estimate of drug-likeness (QED) is 0.941. The summed E-state index contributed by atoms with van der Waals surface area (Å²) in [6.45, 7) is 8.56. The van der Waals surface area contributed by atoms with Gasteiger partial charge in [0.25, 0.3) is 0 Å². The fourth-order valence-corrected chi connectivity index (χ4v) is 2.72. The topological polar surface area (TPSA) is 42.7 Å². The van der Waals surface area contributed by atoms with E-state index in [9.17, 15) is 4.39 Å². The highest BCUT2D eigenvalue weighted by atomic mass is 32.2. The SMILES string of the molecule is Cc1nnc(Sc2cccc(F)c2CNC(C)(C)C)n1C. The van der Waals surface area contributed by atoms with Crippen molar-refractivity contribution in [1.82, 2.24) is 20.1 Å². The van der Waals surface area contributed by atoms with Gasteiger partial charge in [0.1, 0.15) is 11.6 Å². The first-order valence-electron chi connectivity index (χ1n) is 6.84. The average molecular weight is 308 g/mol. The molecular formula is C15H21FN4S. The van der Waals surface area contributed by atoms with Crippen LogP contribution < -0.4 is 5.32 Å². The fraction of sp³-hybridized carbons (Fsp3) is 0.467. The number of nitrogens with zero attached hydrogens (tertiary/aromatic N) is 3. The van der Waals surface area contributed by atoms with Gasteiger partial charge >= 0.3 is 0 Å². The lowest BCUT2D eigenvalue weighted by Crippen LogP contribution is -2.35. The summed E-state index contributed by atoms with van der Waals surface area (Å²) in [7, 11) is 1.91. The average Bonchev–Trinajstić information content (AvgIpc) is 2.69. The molecule has 0 unspecified atom stereocenters. The monoisotopic (exact) mass is 308 g/mol. The maximum Gasteiger partial charge on any atom is 0.195 e. The van der Waals surface area contributed by atoms with E-state index in [0.717, 1.165) is 15.9 Å². The molecule has 0 amide bonds. The summed E-state index contributed by atoms with van der Waals surface area (Å²) in [5, 5.41) is 12.2. The molecule has 2 aromatic rings. The van der Waals surface area contributed by atoms with Crippen LogP contribution in [0, 0.1) is 12.7 Å². The number of benzene rings is 1. The molecule has 1 aromatic carbocycles. The van der Waals surface area contributed by atoms with Crippen LogP contribution in [-0.4, -0.2) is 20.3 Å². The van der Waals surface area contributed by atoms with E-state index in [4.69, 9.17) is 0 Å². The lowest BCUT2D eigenvalue weighted by molar-refractivity contribution is 0.416. The van der Waals surface area contributed by atoms with Crippen LogP contribution in [0.15, 0.2) is 28.3 Å². The fourth-order valence-electron chi connectivity index (χ4n) is 1.73. The van der Waals surface area contributed by atoms with E-state index in [1.165, 1.54) is 17.8 Å². The van der Waals surface area contributed by atoms with E-state index in [1.54, 1.807) is 6.07 Å². The van der Waals surface area contributed by atoms with Gasteiger partial charge in [-0.25, -0.2) is 4.39 Å². The van der Waals surface area contributed by atoms with Gasteiger partial charge in [0, 0.05) is 29.6 Å². The summed E-state index contributed by atoms with van der Waals surface area (Å²) in [4.78, 5) is 0.863. The van der Waals surface area contributed by atoms with Gasteiger partial charge in [-0.05, 0) is 51.6 Å². The molecule has 0 saturated carbocycles. The molecule has 1 N–H and O–H groups in total. The second kappa shape index (κ2) is 6.15. The van der Waals surface area contributed by atoms with E-state index in [1.807, 2.05) is 24.6 Å². The molecule has 1 aromatic heterocycles. The standard InChI is InChI=1S/C15H21FN4S/c1-10-18-19-14(20(10)5)21-13-8-6-7-12(16)11(13)9-17-15(2,3)4/h6-8,17H,9H2,1-5H3. The smallest absolute Gasteiger partial charge is 0.195 e. The number of hydrogen-bond donors (Lipinski definition) is 1. The van der Waals surface area contributed by atoms with Gasteiger partial charge in [0.05, 0.1) is 0 Å². The van der Waals surface area contributed by atoms with Gasteiger partial charge in [0.2, 0.25) is 0 Å². The number of halogens is 1. The first kappa shape index (κ1) is 16.0. The van der Waals surface area contributed by atoms with Gasteiger partial charge in [-0.2, -0.15) is 0 Å². The summed E-state index contributed by atoms with van der Waals surface area (Å²) in [5.41, 5.74) is 0.601. The van der Waals surface area contributed by atoms with E-state index in [-0.39, 0.29) is 11.4 Å². The Hall–Kier alpha value is -1.40. The molecule has 0 radical (unpaired) electrons. The van der Waals surface area contributed by atoms with Crippen molar-refractivity contribution >= 4 is 11.8 Å². The first-order chi connectivity index (χ1) is 9.78. The maximum atomic E-state index is 14.1. The number of aromatic nitrogens is 3. The molecule has 0 bridgehead atoms. The Kier molecular flexibility index (Phi) is 4.68. The van der Waals surface area contributed by atoms with Crippen LogP contribution in [0.4, 0.5) is 4.39 Å². The molecule has 114 valence electrons. The number of hydrogen-bond acceptors (Lipinski definition) is 4. The molecule has 1 heterocycles. The van der Waals surface area contributed by atoms with Crippen molar-refractivity contribution in [3.8, 4) is 0 Å². The van der Waals surface area contributed by atoms with Crippen LogP contribution in [0.5, 0.6) is 0 Å². The number of nitrogens with one attached hydrogen (secondary N) is 1. The molecule has 6 heteroatoms. The summed E-state index contributed by atoms with van der Waals surface area (Å²) in [6.07, 6.45) is 0. The van der Waals surface area contributed by atoms with Gasteiger partial charge in [-0.15, -0.1) is 10.2 Å². The predicted molar refractivity (Wildman–Crippen MR) is 82.9 cm³/mol. The molecular weight excluding hydrogens is 287 g/mol. The highest BCUT2D eigenvalue weighted by molar-refractivity contribution is 7.99. The normalized spacial score (nSPS) is 11.9. The Bertz CT molecular complexity index is 631. The Labute approximate surface area is 129 Å². The number of rotatable bonds is 4. The summed E-state index contributed by atoms with van der Waals surface area (Å²) < 4.78 is 16.0. The Morgan fingerprint density at radius 1 is 1.29 bits per heavy atom. The van der Waals surface area contributed by atoms with Gasteiger partial charge in [0.15, 0.2) is 5.16 Å². The zero-order chi connectivity index (χ0) is 15.6. The predicted octanol–water partition coefficient (Wildman–Crippen LogP) is 3.30. The largest absolute Gasteiger partial charge is 0.309 e. The Balaban J connectivity index is 2.27. The summed E-state index contributed by atoms with van der Waals surface area (Å²) in [5.74, 6) is 0.638. The molecule has 0 aliphatic rings. The molecule has 0 atom stereocenters. The molecule has 2 rings (SSSR count). The van der Waals surface area contributed by atoms with E-state index < -0.39 is 0 Å². The second-order valence-corrected chi connectivity index (χ2v) is 7.02. The minimum atomic E-state index is -0.198. The Morgan fingerprint density at radius 3 is 2.57 bits per heavy atom. The highest BCUT2D eigenvalue weighted by Gasteiger charge is 2.16. The molecule has 21 heavy (non-hydrogen) atoms. The van der Waals surface area contributed by atoms with Crippen molar-refractivity contribution in [3.63, 3.8) is 0 Å². The van der Waals surface area contributed by atoms with Crippen LogP contribution in [0.2, 0.25) is 0 Å². The van der Waals surface area contributed by atoms with Crippen molar-refractivity contribution in [2.75, 3.05) is 0 Å². The van der Waals surface area contributed by atoms with Crippen molar-refractivity contribution in [2.45, 2.75) is 49.8 Å². The maximum absolute atomic E-state index is 14.1. The zero-order valence-corrected chi connectivity index (χ0v) is 13.9. The first-order valence-corrected chi connectivity index (χ1v) is 7.66. The lowest BCUT2D eigenvalue weighted by Gasteiger charge is -2.21. The van der Waals surface area contributed by atoms with E-state index in [0.29, 0.717) is 12.1 Å². The molecule has 4 nitrogen and oxygen atoms in total. The summed E-state index contributed by atoms with van der Waals surface area (Å²) >= 11 is 1.44. The molecule has 0 aliphatic carbocycles. The third kappa shape index (κ3) is 4.04. The van der Waals surface area contributed by atoms with Crippen LogP contribution in [-0.2, 0) is 13.6 Å². The van der Waals surface area contributed by atoms with Gasteiger partial charge in [-0.1, -0.05) is 6.07 Å². The van der Waals surface area contributed by atoms with Crippen molar-refractivity contribution in [2.24, 2.45) is 7.05 Å². The second-order valence-electron chi connectivity index (χ2n) is 6.01. The molecule has 0 aliphatic heterocycles. The van der Waals surface area contributed by atoms with Crippen LogP contribution >= 0.6 is 11.8 Å². The van der Waals surface area contributed by atoms with Crippen LogP contribution in [0.25, 0.3) is 0 Å². The van der Waals surface area contributed by atoms with E-state index >= 15 is 0 Å². The van der Waals surface area contributed by atoms with Gasteiger partial charge in [-0.3, -0.25) is 0 Å². The number of aryl methyl sites for hydroxylation is 1. The van der Waals surface area contributed by atoms with Crippen molar-refractivity contribution < 1.29 is 4.39 Å². The molecule has 0 spiro atoms. The van der Waals surface area contributed by atoms with Crippen LogP contribution in [0.1, 0.15) is 32.2 Å². The molecule has 0 saturated heterocycles. The third-order valence-corrected chi connectivity index (χ3v) is 4.27. The van der Waals surface area contributed by atoms with Crippen molar-refractivity contribution in [1.29, 1.82) is 0 Å². The Morgan fingerprint density at radius 2 is 2.00 bits per heavy atom. The highest BCUT2D eigenvalue weighted by Crippen LogP contribution is 2.30. The lowest BCUT2D eigenvalue weighted by atomic mass is 10.1. The minimum Gasteiger partial charge on any atom is -0.309 e. The van der Waals surface area contributed by atoms with E-state index in [2.05, 4.69) is 36.3 Å². The molecule has 0 fully saturated rings. The third-order valence-electron chi connectivity index (χ3n) is 3.13. The summed E-state index contributed by atoms with van der Waals surface area (Å²) in [6, 6.07) is 5.13. The van der Waals surface area contributed by atoms with Crippen molar-refractivity contribution in [3.05, 3.63) is 35.4 Å².